The normalized spacial score (nSPS) is 13.5. The number of methoxy groups -OCH3 is 2. The molecule has 0 spiro atoms. The van der Waals surface area contributed by atoms with E-state index in [1.54, 1.807) is 28.1 Å². The highest BCUT2D eigenvalue weighted by Gasteiger charge is 2.31. The summed E-state index contributed by atoms with van der Waals surface area (Å²) in [5.41, 5.74) is -2.44. The summed E-state index contributed by atoms with van der Waals surface area (Å²) in [5, 5.41) is 2.21. The molecule has 0 aromatic heterocycles. The van der Waals surface area contributed by atoms with Gasteiger partial charge in [-0.2, -0.15) is 8.78 Å². The van der Waals surface area contributed by atoms with Crippen molar-refractivity contribution in [3.8, 4) is 5.75 Å². The Labute approximate surface area is 257 Å². The standard InChI is InChI=1S/C30H47F4NO9/c1-27(2,42-17-29(5,6)38-9)11-13-40-16-21(25(36)44-24-22(33)19(31)15-20(32)23(24)34)35-26(37)41-14-12-28(3,4)43-18-30(7,8)39-10/h15,21H,11-14,16-18H2,1-10H3,(H,35,37)/t21-/m0/s1. The maximum atomic E-state index is 14.1. The Balaban J connectivity index is 2.89. The van der Waals surface area contributed by atoms with Crippen LogP contribution in [-0.2, 0) is 33.2 Å². The van der Waals surface area contributed by atoms with Gasteiger partial charge in [0.15, 0.2) is 17.7 Å². The van der Waals surface area contributed by atoms with Gasteiger partial charge in [0.25, 0.3) is 0 Å². The van der Waals surface area contributed by atoms with Gasteiger partial charge in [0.1, 0.15) is 0 Å². The summed E-state index contributed by atoms with van der Waals surface area (Å²) in [6.07, 6.45) is -0.480. The summed E-state index contributed by atoms with van der Waals surface area (Å²) < 4.78 is 93.3. The molecule has 1 aromatic carbocycles. The first kappa shape index (κ1) is 39.5. The highest BCUT2D eigenvalue weighted by atomic mass is 19.2. The number of amides is 1. The van der Waals surface area contributed by atoms with Gasteiger partial charge in [-0.1, -0.05) is 0 Å². The van der Waals surface area contributed by atoms with Crippen molar-refractivity contribution in [2.75, 3.05) is 47.3 Å². The molecule has 0 radical (unpaired) electrons. The van der Waals surface area contributed by atoms with Gasteiger partial charge in [-0.3, -0.25) is 0 Å². The molecule has 0 saturated heterocycles. The summed E-state index contributed by atoms with van der Waals surface area (Å²) in [7, 11) is 3.12. The van der Waals surface area contributed by atoms with Gasteiger partial charge in [0, 0.05) is 33.3 Å². The second-order valence-corrected chi connectivity index (χ2v) is 12.7. The van der Waals surface area contributed by atoms with Crippen molar-refractivity contribution in [3.05, 3.63) is 29.3 Å². The van der Waals surface area contributed by atoms with Gasteiger partial charge in [0.05, 0.1) is 48.8 Å². The number of nitrogens with one attached hydrogen (secondary N) is 1. The molecule has 1 N–H and O–H groups in total. The number of ether oxygens (including phenoxy) is 7. The average Bonchev–Trinajstić information content (AvgIpc) is 2.93. The topological polar surface area (TPSA) is 111 Å². The fraction of sp³-hybridized carbons (Fsp3) is 0.733. The number of esters is 1. The van der Waals surface area contributed by atoms with Gasteiger partial charge >= 0.3 is 12.1 Å². The van der Waals surface area contributed by atoms with Crippen LogP contribution in [0.25, 0.3) is 0 Å². The summed E-state index contributed by atoms with van der Waals surface area (Å²) >= 11 is 0. The van der Waals surface area contributed by atoms with E-state index < -0.39 is 76.1 Å². The zero-order chi connectivity index (χ0) is 33.9. The Kier molecular flexibility index (Phi) is 15.0. The van der Waals surface area contributed by atoms with Crippen molar-refractivity contribution in [1.29, 1.82) is 0 Å². The van der Waals surface area contributed by atoms with Crippen LogP contribution in [0.15, 0.2) is 6.07 Å². The lowest BCUT2D eigenvalue weighted by molar-refractivity contribution is -0.139. The lowest BCUT2D eigenvalue weighted by Crippen LogP contribution is -2.47. The van der Waals surface area contributed by atoms with Crippen molar-refractivity contribution in [2.24, 2.45) is 0 Å². The van der Waals surface area contributed by atoms with Crippen LogP contribution < -0.4 is 10.1 Å². The highest BCUT2D eigenvalue weighted by Crippen LogP contribution is 2.27. The Morgan fingerprint density at radius 3 is 1.66 bits per heavy atom. The van der Waals surface area contributed by atoms with Gasteiger partial charge in [-0.15, -0.1) is 0 Å². The first-order chi connectivity index (χ1) is 20.1. The predicted molar refractivity (Wildman–Crippen MR) is 152 cm³/mol. The monoisotopic (exact) mass is 641 g/mol. The number of rotatable bonds is 19. The minimum atomic E-state index is -1.92. The maximum Gasteiger partial charge on any atom is 0.407 e. The Bertz CT molecular complexity index is 1070. The van der Waals surface area contributed by atoms with Crippen molar-refractivity contribution < 1.29 is 60.3 Å². The molecule has 0 aliphatic heterocycles. The third-order valence-corrected chi connectivity index (χ3v) is 6.65. The molecule has 10 nitrogen and oxygen atoms in total. The highest BCUT2D eigenvalue weighted by molar-refractivity contribution is 5.83. The van der Waals surface area contributed by atoms with E-state index in [4.69, 9.17) is 28.4 Å². The lowest BCUT2D eigenvalue weighted by Gasteiger charge is -2.31. The van der Waals surface area contributed by atoms with Crippen LogP contribution >= 0.6 is 0 Å². The van der Waals surface area contributed by atoms with Crippen LogP contribution in [0.2, 0.25) is 0 Å². The van der Waals surface area contributed by atoms with Gasteiger partial charge in [-0.05, 0) is 61.8 Å². The quantitative estimate of drug-likeness (QED) is 0.0690. The maximum absolute atomic E-state index is 14.1. The summed E-state index contributed by atoms with van der Waals surface area (Å²) in [5.74, 6) is -10.4. The number of carbonyl (C=O) groups is 2. The van der Waals surface area contributed by atoms with E-state index in [0.717, 1.165) is 0 Å². The van der Waals surface area contributed by atoms with Crippen LogP contribution in [0, 0.1) is 23.3 Å². The van der Waals surface area contributed by atoms with Crippen molar-refractivity contribution >= 4 is 12.1 Å². The smallest absolute Gasteiger partial charge is 0.407 e. The molecule has 0 saturated carbocycles. The number of hydrogen-bond donors (Lipinski definition) is 1. The molecular weight excluding hydrogens is 594 g/mol. The lowest BCUT2D eigenvalue weighted by atomic mass is 10.0. The third-order valence-electron chi connectivity index (χ3n) is 6.65. The predicted octanol–water partition coefficient (Wildman–Crippen LogP) is 5.48. The molecule has 1 atom stereocenters. The zero-order valence-corrected chi connectivity index (χ0v) is 27.3. The number of benzene rings is 1. The van der Waals surface area contributed by atoms with E-state index in [1.807, 2.05) is 41.5 Å². The van der Waals surface area contributed by atoms with Crippen molar-refractivity contribution in [3.63, 3.8) is 0 Å². The van der Waals surface area contributed by atoms with Crippen molar-refractivity contribution in [1.82, 2.24) is 5.32 Å². The molecule has 0 aliphatic rings. The fourth-order valence-electron chi connectivity index (χ4n) is 3.07. The summed E-state index contributed by atoms with van der Waals surface area (Å²) in [4.78, 5) is 25.4. The number of halogens is 4. The second kappa shape index (κ2) is 16.7. The second-order valence-electron chi connectivity index (χ2n) is 12.7. The summed E-state index contributed by atoms with van der Waals surface area (Å²) in [6, 6.07) is -1.70. The molecule has 0 heterocycles. The first-order valence-electron chi connectivity index (χ1n) is 14.1. The van der Waals surface area contributed by atoms with Crippen LogP contribution in [0.1, 0.15) is 68.2 Å². The van der Waals surface area contributed by atoms with Crippen LogP contribution in [-0.4, -0.2) is 87.8 Å². The Morgan fingerprint density at radius 1 is 0.750 bits per heavy atom. The number of hydrogen-bond acceptors (Lipinski definition) is 9. The van der Waals surface area contributed by atoms with E-state index in [9.17, 15) is 27.2 Å². The largest absolute Gasteiger partial charge is 0.449 e. The van der Waals surface area contributed by atoms with E-state index in [-0.39, 0.29) is 38.9 Å². The molecule has 0 fully saturated rings. The van der Waals surface area contributed by atoms with Crippen molar-refractivity contribution in [2.45, 2.75) is 96.7 Å². The first-order valence-corrected chi connectivity index (χ1v) is 14.1. The van der Waals surface area contributed by atoms with Crippen LogP contribution in [0.3, 0.4) is 0 Å². The number of carbonyl (C=O) groups excluding carboxylic acids is 2. The molecule has 1 amide bonds. The molecule has 254 valence electrons. The minimum Gasteiger partial charge on any atom is -0.449 e. The molecule has 1 aromatic rings. The molecule has 44 heavy (non-hydrogen) atoms. The van der Waals surface area contributed by atoms with Gasteiger partial charge in [-0.25, -0.2) is 18.4 Å². The van der Waals surface area contributed by atoms with Gasteiger partial charge < -0.3 is 38.5 Å². The Hall–Kier alpha value is -2.52. The van der Waals surface area contributed by atoms with E-state index in [2.05, 4.69) is 10.1 Å². The number of alkyl carbamates (subject to hydrolysis) is 1. The average molecular weight is 642 g/mol. The van der Waals surface area contributed by atoms with Crippen LogP contribution in [0.4, 0.5) is 22.4 Å². The molecule has 0 aliphatic carbocycles. The van der Waals surface area contributed by atoms with E-state index in [1.165, 1.54) is 0 Å². The zero-order valence-electron chi connectivity index (χ0n) is 27.3. The third kappa shape index (κ3) is 14.1. The van der Waals surface area contributed by atoms with Crippen LogP contribution in [0.5, 0.6) is 5.75 Å². The fourth-order valence-corrected chi connectivity index (χ4v) is 3.07. The van der Waals surface area contributed by atoms with Gasteiger partial charge in [0.2, 0.25) is 17.4 Å². The molecule has 0 unspecified atom stereocenters. The van der Waals surface area contributed by atoms with E-state index >= 15 is 0 Å². The SMILES string of the molecule is COC(C)(C)COC(C)(C)CCOC[C@H](NC(=O)OCCC(C)(C)OCC(C)(C)OC)C(=O)Oc1c(F)c(F)cc(F)c1F. The summed E-state index contributed by atoms with van der Waals surface area (Å²) in [6.45, 7) is 14.5. The van der Waals surface area contributed by atoms with E-state index in [0.29, 0.717) is 6.42 Å². The molecular formula is C30H47F4NO9. The Morgan fingerprint density at radius 2 is 1.20 bits per heavy atom. The minimum absolute atomic E-state index is 0.0293. The molecule has 14 heteroatoms. The molecule has 1 rings (SSSR count). The molecule has 0 bridgehead atoms.